The van der Waals surface area contributed by atoms with Crippen LogP contribution in [0, 0.1) is 5.92 Å². The third kappa shape index (κ3) is 2.10. The molecule has 0 unspecified atom stereocenters. The lowest BCUT2D eigenvalue weighted by Gasteiger charge is -2.19. The van der Waals surface area contributed by atoms with E-state index in [2.05, 4.69) is 0 Å². The van der Waals surface area contributed by atoms with Gasteiger partial charge < -0.3 is 0 Å². The molecule has 0 saturated heterocycles. The van der Waals surface area contributed by atoms with Crippen LogP contribution < -0.4 is 0 Å². The summed E-state index contributed by atoms with van der Waals surface area (Å²) in [6.45, 7) is 0.517. The molecule has 1 saturated carbocycles. The number of carbonyl (C=O) groups excluding carboxylic acids is 2. The van der Waals surface area contributed by atoms with Crippen molar-refractivity contribution in [3.63, 3.8) is 0 Å². The quantitative estimate of drug-likeness (QED) is 0.616. The van der Waals surface area contributed by atoms with E-state index in [0.29, 0.717) is 12.5 Å². The number of allylic oxidation sites excluding steroid dienone is 1. The second-order valence-electron chi connectivity index (χ2n) is 3.72. The van der Waals surface area contributed by atoms with E-state index in [1.54, 1.807) is 6.08 Å². The van der Waals surface area contributed by atoms with Crippen LogP contribution >= 0.6 is 0 Å². The van der Waals surface area contributed by atoms with Gasteiger partial charge in [-0.1, -0.05) is 12.2 Å². The summed E-state index contributed by atoms with van der Waals surface area (Å²) in [6, 6.07) is 0. The van der Waals surface area contributed by atoms with E-state index in [9.17, 15) is 9.59 Å². The summed E-state index contributed by atoms with van der Waals surface area (Å²) in [7, 11) is 0. The molecule has 1 aliphatic heterocycles. The highest BCUT2D eigenvalue weighted by Gasteiger charge is 2.21. The van der Waals surface area contributed by atoms with Gasteiger partial charge in [0.25, 0.3) is 11.8 Å². The Hall–Kier alpha value is -1.38. The molecule has 1 fully saturated rings. The predicted octanol–water partition coefficient (Wildman–Crippen LogP) is 1.27. The Bertz CT molecular complexity index is 313. The van der Waals surface area contributed by atoms with E-state index in [4.69, 9.17) is 0 Å². The Morgan fingerprint density at radius 1 is 1.50 bits per heavy atom. The molecular formula is C11H13NO2. The maximum absolute atomic E-state index is 11.5. The van der Waals surface area contributed by atoms with E-state index >= 15 is 0 Å². The fourth-order valence-corrected chi connectivity index (χ4v) is 1.40. The minimum absolute atomic E-state index is 0.175. The van der Waals surface area contributed by atoms with Crippen molar-refractivity contribution in [3.05, 3.63) is 24.3 Å². The maximum atomic E-state index is 11.5. The van der Waals surface area contributed by atoms with E-state index in [1.165, 1.54) is 29.9 Å². The molecular weight excluding hydrogens is 178 g/mol. The highest BCUT2D eigenvalue weighted by atomic mass is 16.2. The van der Waals surface area contributed by atoms with Crippen molar-refractivity contribution in [2.45, 2.75) is 19.3 Å². The fourth-order valence-electron chi connectivity index (χ4n) is 1.40. The molecule has 2 amide bonds. The first-order valence-electron chi connectivity index (χ1n) is 4.97. The molecule has 0 N–H and O–H groups in total. The van der Waals surface area contributed by atoms with Crippen molar-refractivity contribution < 1.29 is 9.59 Å². The Balaban J connectivity index is 1.95. The first kappa shape index (κ1) is 9.19. The summed E-state index contributed by atoms with van der Waals surface area (Å²) in [5.74, 6) is 0.210. The van der Waals surface area contributed by atoms with Gasteiger partial charge in [-0.15, -0.1) is 0 Å². The normalized spacial score (nSPS) is 22.0. The number of hydrogen-bond acceptors (Lipinski definition) is 2. The Morgan fingerprint density at radius 2 is 2.29 bits per heavy atom. The van der Waals surface area contributed by atoms with Gasteiger partial charge in [-0.05, 0) is 37.3 Å². The van der Waals surface area contributed by atoms with Crippen molar-refractivity contribution in [3.8, 4) is 0 Å². The molecule has 2 aliphatic rings. The van der Waals surface area contributed by atoms with Gasteiger partial charge in [-0.2, -0.15) is 0 Å². The smallest absolute Gasteiger partial charge is 0.253 e. The zero-order chi connectivity index (χ0) is 9.97. The molecule has 0 aromatic rings. The van der Waals surface area contributed by atoms with Crippen molar-refractivity contribution >= 4 is 11.8 Å². The number of hydrogen-bond donors (Lipinski definition) is 0. The Morgan fingerprint density at radius 3 is 2.93 bits per heavy atom. The van der Waals surface area contributed by atoms with Gasteiger partial charge in [0, 0.05) is 6.54 Å². The van der Waals surface area contributed by atoms with Crippen LogP contribution in [0.2, 0.25) is 0 Å². The molecule has 0 aromatic heterocycles. The maximum Gasteiger partial charge on any atom is 0.253 e. The van der Waals surface area contributed by atoms with Gasteiger partial charge in [-0.3, -0.25) is 14.5 Å². The molecule has 0 bridgehead atoms. The van der Waals surface area contributed by atoms with Gasteiger partial charge in [-0.25, -0.2) is 0 Å². The average molecular weight is 191 g/mol. The van der Waals surface area contributed by atoms with Crippen LogP contribution in [-0.4, -0.2) is 23.3 Å². The SMILES string of the molecule is O=C1C=CCCN1C(=O)/C=C/C1CC1. The third-order valence-electron chi connectivity index (χ3n) is 2.44. The predicted molar refractivity (Wildman–Crippen MR) is 52.3 cm³/mol. The molecule has 1 aliphatic carbocycles. The molecule has 74 valence electrons. The molecule has 0 spiro atoms. The minimum atomic E-state index is -0.193. The topological polar surface area (TPSA) is 37.4 Å². The van der Waals surface area contributed by atoms with Gasteiger partial charge in [0.05, 0.1) is 0 Å². The standard InChI is InChI=1S/C11H13NO2/c13-10-3-1-2-8-12(10)11(14)7-6-9-4-5-9/h1,3,6-7,9H,2,4-5,8H2/b7-6+. The molecule has 3 heteroatoms. The van der Waals surface area contributed by atoms with Crippen molar-refractivity contribution in [2.75, 3.05) is 6.54 Å². The lowest BCUT2D eigenvalue weighted by Crippen LogP contribution is -2.37. The van der Waals surface area contributed by atoms with Gasteiger partial charge in [0.15, 0.2) is 0 Å². The second kappa shape index (κ2) is 3.78. The van der Waals surface area contributed by atoms with Crippen molar-refractivity contribution in [2.24, 2.45) is 5.92 Å². The first-order valence-corrected chi connectivity index (χ1v) is 4.97. The summed E-state index contributed by atoms with van der Waals surface area (Å²) in [5, 5.41) is 0. The van der Waals surface area contributed by atoms with Gasteiger partial charge in [0.1, 0.15) is 0 Å². The minimum Gasteiger partial charge on any atom is -0.275 e. The number of amides is 2. The monoisotopic (exact) mass is 191 g/mol. The van der Waals surface area contributed by atoms with E-state index in [0.717, 1.165) is 6.42 Å². The number of carbonyl (C=O) groups is 2. The Kier molecular flexibility index (Phi) is 2.48. The molecule has 0 aromatic carbocycles. The van der Waals surface area contributed by atoms with Crippen LogP contribution in [0.15, 0.2) is 24.3 Å². The van der Waals surface area contributed by atoms with Gasteiger partial charge >= 0.3 is 0 Å². The number of rotatable bonds is 2. The fraction of sp³-hybridized carbons (Fsp3) is 0.455. The summed E-state index contributed by atoms with van der Waals surface area (Å²) in [6.07, 6.45) is 9.84. The van der Waals surface area contributed by atoms with Crippen LogP contribution in [-0.2, 0) is 9.59 Å². The second-order valence-corrected chi connectivity index (χ2v) is 3.72. The van der Waals surface area contributed by atoms with Crippen LogP contribution in [0.5, 0.6) is 0 Å². The van der Waals surface area contributed by atoms with Crippen LogP contribution in [0.3, 0.4) is 0 Å². The van der Waals surface area contributed by atoms with E-state index in [-0.39, 0.29) is 11.8 Å². The lowest BCUT2D eigenvalue weighted by atomic mass is 10.2. The summed E-state index contributed by atoms with van der Waals surface area (Å²) in [4.78, 5) is 24.1. The summed E-state index contributed by atoms with van der Waals surface area (Å²) >= 11 is 0. The average Bonchev–Trinajstić information content (AvgIpc) is 2.98. The van der Waals surface area contributed by atoms with Crippen LogP contribution in [0.25, 0.3) is 0 Å². The van der Waals surface area contributed by atoms with E-state index in [1.807, 2.05) is 6.08 Å². The highest BCUT2D eigenvalue weighted by molar-refractivity contribution is 6.05. The van der Waals surface area contributed by atoms with Crippen LogP contribution in [0.1, 0.15) is 19.3 Å². The number of imide groups is 1. The molecule has 0 atom stereocenters. The van der Waals surface area contributed by atoms with Gasteiger partial charge in [0.2, 0.25) is 0 Å². The third-order valence-corrected chi connectivity index (χ3v) is 2.44. The molecule has 0 radical (unpaired) electrons. The number of nitrogens with zero attached hydrogens (tertiary/aromatic N) is 1. The molecule has 3 nitrogen and oxygen atoms in total. The summed E-state index contributed by atoms with van der Waals surface area (Å²) in [5.41, 5.74) is 0. The first-order chi connectivity index (χ1) is 6.77. The van der Waals surface area contributed by atoms with Crippen molar-refractivity contribution in [1.29, 1.82) is 0 Å². The van der Waals surface area contributed by atoms with Crippen LogP contribution in [0.4, 0.5) is 0 Å². The molecule has 14 heavy (non-hydrogen) atoms. The van der Waals surface area contributed by atoms with Crippen molar-refractivity contribution in [1.82, 2.24) is 4.90 Å². The zero-order valence-electron chi connectivity index (χ0n) is 7.98. The Labute approximate surface area is 83.1 Å². The zero-order valence-corrected chi connectivity index (χ0v) is 7.98. The molecule has 2 rings (SSSR count). The largest absolute Gasteiger partial charge is 0.275 e. The lowest BCUT2D eigenvalue weighted by molar-refractivity contribution is -0.139. The summed E-state index contributed by atoms with van der Waals surface area (Å²) < 4.78 is 0. The molecule has 1 heterocycles. The highest BCUT2D eigenvalue weighted by Crippen LogP contribution is 2.30. The van der Waals surface area contributed by atoms with E-state index < -0.39 is 0 Å².